The lowest BCUT2D eigenvalue weighted by Gasteiger charge is -2.46. The van der Waals surface area contributed by atoms with Gasteiger partial charge in [0.1, 0.15) is 23.8 Å². The number of nitrogens with zero attached hydrogens (tertiary/aromatic N) is 3. The summed E-state index contributed by atoms with van der Waals surface area (Å²) >= 11 is 0. The average molecular weight is 488 g/mol. The quantitative estimate of drug-likeness (QED) is 0.614. The molecule has 2 aromatic rings. The van der Waals surface area contributed by atoms with Crippen molar-refractivity contribution in [3.63, 3.8) is 0 Å². The molecule has 9 nitrogen and oxygen atoms in total. The van der Waals surface area contributed by atoms with Crippen LogP contribution in [-0.2, 0) is 9.47 Å². The fraction of sp³-hybridized carbons (Fsp3) is 0.500. The molecule has 3 aliphatic rings. The van der Waals surface area contributed by atoms with Crippen molar-refractivity contribution in [2.24, 2.45) is 11.8 Å². The van der Waals surface area contributed by atoms with Gasteiger partial charge in [-0.1, -0.05) is 0 Å². The van der Waals surface area contributed by atoms with E-state index in [1.54, 1.807) is 4.90 Å². The van der Waals surface area contributed by atoms with Gasteiger partial charge in [0, 0.05) is 30.5 Å². The summed E-state index contributed by atoms with van der Waals surface area (Å²) in [5.74, 6) is -2.78. The average Bonchev–Trinajstić information content (AvgIpc) is 3.53. The van der Waals surface area contributed by atoms with Gasteiger partial charge in [-0.3, -0.25) is 4.79 Å². The topological polar surface area (TPSA) is 103 Å². The summed E-state index contributed by atoms with van der Waals surface area (Å²) in [6, 6.07) is 3.85. The van der Waals surface area contributed by atoms with E-state index >= 15 is 4.39 Å². The van der Waals surface area contributed by atoms with Crippen LogP contribution >= 0.6 is 0 Å². The number of carbonyl (C=O) groups excluding carboxylic acids is 2. The molecular formula is C24H26F2N4O5. The minimum Gasteiger partial charge on any atom is -0.471 e. The molecule has 11 heteroatoms. The zero-order chi connectivity index (χ0) is 24.7. The number of halogens is 2. The number of ketones is 1. The molecule has 1 aromatic carbocycles. The Kier molecular flexibility index (Phi) is 6.04. The highest BCUT2D eigenvalue weighted by Crippen LogP contribution is 2.40. The Morgan fingerprint density at radius 2 is 1.89 bits per heavy atom. The number of carbonyl (C=O) groups is 2. The van der Waals surface area contributed by atoms with Crippen LogP contribution in [0.25, 0.3) is 0 Å². The number of hydrogen-bond acceptors (Lipinski definition) is 8. The molecule has 1 aliphatic carbocycles. The lowest BCUT2D eigenvalue weighted by molar-refractivity contribution is -0.112. The number of amides is 1. The SMILES string of the molecule is CC(=O)c1ccc(Nc2ncnc(OC3C4COCC3CN(C(=O)OC3(C)CC3)C4)c2F)c(F)c1. The fourth-order valence-corrected chi connectivity index (χ4v) is 4.41. The maximum atomic E-state index is 15.2. The van der Waals surface area contributed by atoms with Gasteiger partial charge in [0.15, 0.2) is 11.6 Å². The van der Waals surface area contributed by atoms with E-state index in [-0.39, 0.29) is 52.3 Å². The number of ether oxygens (including phenoxy) is 3. The lowest BCUT2D eigenvalue weighted by Crippen LogP contribution is -2.59. The van der Waals surface area contributed by atoms with Crippen LogP contribution in [0.1, 0.15) is 37.0 Å². The molecule has 1 N–H and O–H groups in total. The van der Waals surface area contributed by atoms with E-state index in [9.17, 15) is 14.0 Å². The number of hydrogen-bond donors (Lipinski definition) is 1. The number of aromatic nitrogens is 2. The minimum atomic E-state index is -0.870. The Hall–Kier alpha value is -3.34. The van der Waals surface area contributed by atoms with Crippen LogP contribution in [0.4, 0.5) is 25.1 Å². The number of benzene rings is 1. The van der Waals surface area contributed by atoms with E-state index < -0.39 is 17.7 Å². The van der Waals surface area contributed by atoms with Gasteiger partial charge in [-0.2, -0.15) is 9.37 Å². The Morgan fingerprint density at radius 3 is 2.51 bits per heavy atom. The van der Waals surface area contributed by atoms with Gasteiger partial charge in [-0.25, -0.2) is 14.2 Å². The van der Waals surface area contributed by atoms with Crippen LogP contribution < -0.4 is 10.1 Å². The fourth-order valence-electron chi connectivity index (χ4n) is 4.41. The predicted octanol–water partition coefficient (Wildman–Crippen LogP) is 3.72. The Balaban J connectivity index is 1.29. The summed E-state index contributed by atoms with van der Waals surface area (Å²) in [6.07, 6.45) is 2.08. The van der Waals surface area contributed by atoms with Crippen LogP contribution in [0, 0.1) is 23.5 Å². The van der Waals surface area contributed by atoms with Gasteiger partial charge in [0.25, 0.3) is 5.88 Å². The zero-order valence-electron chi connectivity index (χ0n) is 19.4. The van der Waals surface area contributed by atoms with Crippen molar-refractivity contribution in [1.29, 1.82) is 0 Å². The molecule has 3 heterocycles. The molecule has 35 heavy (non-hydrogen) atoms. The zero-order valence-corrected chi connectivity index (χ0v) is 19.4. The summed E-state index contributed by atoms with van der Waals surface area (Å²) in [5.41, 5.74) is -0.203. The van der Waals surface area contributed by atoms with E-state index in [4.69, 9.17) is 14.2 Å². The highest BCUT2D eigenvalue weighted by Gasteiger charge is 2.47. The largest absolute Gasteiger partial charge is 0.471 e. The normalized spacial score (nSPS) is 24.5. The van der Waals surface area contributed by atoms with Crippen LogP contribution in [0.2, 0.25) is 0 Å². The minimum absolute atomic E-state index is 0.0417. The third-order valence-electron chi connectivity index (χ3n) is 6.68. The Morgan fingerprint density at radius 1 is 1.17 bits per heavy atom. The number of fused-ring (bicyclic) bond motifs is 2. The molecule has 2 saturated heterocycles. The second-order valence-electron chi connectivity index (χ2n) is 9.58. The molecule has 1 saturated carbocycles. The molecule has 3 fully saturated rings. The summed E-state index contributed by atoms with van der Waals surface area (Å²) < 4.78 is 46.9. The molecule has 2 aliphatic heterocycles. The van der Waals surface area contributed by atoms with Gasteiger partial charge < -0.3 is 24.4 Å². The van der Waals surface area contributed by atoms with E-state index in [1.165, 1.54) is 19.1 Å². The molecule has 2 bridgehead atoms. The maximum Gasteiger partial charge on any atom is 0.410 e. The number of nitrogens with one attached hydrogen (secondary N) is 1. The standard InChI is InChI=1S/C24H26F2N4O5/c1-13(31)14-3-4-18(17(25)7-14)29-21-19(26)22(28-12-27-21)34-20-15-8-30(9-16(20)11-33-10-15)23(32)35-24(2)5-6-24/h3-4,7,12,15-16,20H,5-6,8-11H2,1-2H3,(H,27,28,29). The van der Waals surface area contributed by atoms with Gasteiger partial charge >= 0.3 is 6.09 Å². The number of piperidine rings is 1. The van der Waals surface area contributed by atoms with E-state index in [0.717, 1.165) is 25.2 Å². The second kappa shape index (κ2) is 9.03. The van der Waals surface area contributed by atoms with Crippen molar-refractivity contribution in [3.8, 4) is 5.88 Å². The molecular weight excluding hydrogens is 462 g/mol. The summed E-state index contributed by atoms with van der Waals surface area (Å²) in [6.45, 7) is 4.68. The van der Waals surface area contributed by atoms with E-state index in [2.05, 4.69) is 15.3 Å². The first-order chi connectivity index (χ1) is 16.7. The number of likely N-dealkylation sites (tertiary alicyclic amines) is 1. The Labute approximate surface area is 200 Å². The van der Waals surface area contributed by atoms with Gasteiger partial charge in [-0.05, 0) is 44.9 Å². The number of Topliss-reactive ketones (excluding diaryl/α,β-unsaturated/α-hetero) is 1. The Bertz CT molecular complexity index is 1140. The second-order valence-corrected chi connectivity index (χ2v) is 9.58. The van der Waals surface area contributed by atoms with Crippen molar-refractivity contribution >= 4 is 23.4 Å². The first-order valence-electron chi connectivity index (χ1n) is 11.5. The number of rotatable bonds is 6. The maximum absolute atomic E-state index is 15.2. The molecule has 0 radical (unpaired) electrons. The predicted molar refractivity (Wildman–Crippen MR) is 120 cm³/mol. The first-order valence-corrected chi connectivity index (χ1v) is 11.5. The molecule has 1 amide bonds. The van der Waals surface area contributed by atoms with Crippen molar-refractivity contribution in [3.05, 3.63) is 41.7 Å². The van der Waals surface area contributed by atoms with Gasteiger partial charge in [0.2, 0.25) is 5.82 Å². The summed E-state index contributed by atoms with van der Waals surface area (Å²) in [4.78, 5) is 33.5. The molecule has 0 spiro atoms. The van der Waals surface area contributed by atoms with Gasteiger partial charge in [-0.15, -0.1) is 0 Å². The molecule has 2 unspecified atom stereocenters. The van der Waals surface area contributed by atoms with Crippen molar-refractivity contribution < 1.29 is 32.6 Å². The highest BCUT2D eigenvalue weighted by atomic mass is 19.1. The van der Waals surface area contributed by atoms with E-state index in [0.29, 0.717) is 26.3 Å². The van der Waals surface area contributed by atoms with Crippen molar-refractivity contribution in [2.75, 3.05) is 31.6 Å². The van der Waals surface area contributed by atoms with Crippen LogP contribution in [0.15, 0.2) is 24.5 Å². The molecule has 1 aromatic heterocycles. The third kappa shape index (κ3) is 4.90. The van der Waals surface area contributed by atoms with Crippen LogP contribution in [0.5, 0.6) is 5.88 Å². The van der Waals surface area contributed by atoms with Crippen molar-refractivity contribution in [2.45, 2.75) is 38.4 Å². The highest BCUT2D eigenvalue weighted by molar-refractivity contribution is 5.94. The smallest absolute Gasteiger partial charge is 0.410 e. The molecule has 5 rings (SSSR count). The first kappa shape index (κ1) is 23.4. The number of anilines is 2. The van der Waals surface area contributed by atoms with Gasteiger partial charge in [0.05, 0.1) is 18.9 Å². The molecule has 2 atom stereocenters. The molecule has 186 valence electrons. The van der Waals surface area contributed by atoms with Crippen LogP contribution in [0.3, 0.4) is 0 Å². The van der Waals surface area contributed by atoms with E-state index in [1.807, 2.05) is 6.92 Å². The van der Waals surface area contributed by atoms with Crippen LogP contribution in [-0.4, -0.2) is 64.8 Å². The summed E-state index contributed by atoms with van der Waals surface area (Å²) in [7, 11) is 0. The van der Waals surface area contributed by atoms with Crippen molar-refractivity contribution in [1.82, 2.24) is 14.9 Å². The lowest BCUT2D eigenvalue weighted by atomic mass is 9.84. The summed E-state index contributed by atoms with van der Waals surface area (Å²) in [5, 5.41) is 2.60. The third-order valence-corrected chi connectivity index (χ3v) is 6.68. The monoisotopic (exact) mass is 488 g/mol.